The zero-order chi connectivity index (χ0) is 26.6. The molecule has 1 saturated heterocycles. The van der Waals surface area contributed by atoms with Gasteiger partial charge in [-0.15, -0.1) is 11.3 Å². The maximum atomic E-state index is 12.4. The number of aliphatic hydroxyl groups excluding tert-OH is 2. The number of thiophene rings is 1. The second-order valence-electron chi connectivity index (χ2n) is 9.24. The van der Waals surface area contributed by atoms with E-state index in [1.807, 2.05) is 30.3 Å². The number of carbonyl (C=O) groups excluding carboxylic acids is 1. The van der Waals surface area contributed by atoms with Crippen molar-refractivity contribution in [3.8, 4) is 17.1 Å². The van der Waals surface area contributed by atoms with Crippen LogP contribution in [0.3, 0.4) is 0 Å². The molecule has 0 bridgehead atoms. The average Bonchev–Trinajstić information content (AvgIpc) is 3.39. The quantitative estimate of drug-likeness (QED) is 0.316. The van der Waals surface area contributed by atoms with E-state index in [9.17, 15) is 9.90 Å². The van der Waals surface area contributed by atoms with Gasteiger partial charge in [-0.2, -0.15) is 9.97 Å². The van der Waals surface area contributed by atoms with Crippen molar-refractivity contribution in [1.82, 2.24) is 14.9 Å². The van der Waals surface area contributed by atoms with Gasteiger partial charge in [-0.1, -0.05) is 61.5 Å². The summed E-state index contributed by atoms with van der Waals surface area (Å²) >= 11 is 1.58. The molecule has 1 unspecified atom stereocenters. The molecule has 0 radical (unpaired) electrons. The van der Waals surface area contributed by atoms with Crippen LogP contribution in [0.5, 0.6) is 6.01 Å². The number of amides is 2. The predicted molar refractivity (Wildman–Crippen MR) is 149 cm³/mol. The number of carbonyl (C=O) groups is 1. The number of primary amides is 1. The highest BCUT2D eigenvalue weighted by atomic mass is 32.1. The molecule has 1 aliphatic heterocycles. The Balaban J connectivity index is 1.47. The topological polar surface area (TPSA) is 125 Å². The Morgan fingerprint density at radius 1 is 1.13 bits per heavy atom. The van der Waals surface area contributed by atoms with E-state index in [1.54, 1.807) is 16.2 Å². The van der Waals surface area contributed by atoms with Crippen molar-refractivity contribution in [3.05, 3.63) is 71.1 Å². The molecule has 5 rings (SSSR count). The smallest absolute Gasteiger partial charge is 0.319 e. The van der Waals surface area contributed by atoms with Crippen LogP contribution >= 0.6 is 11.3 Å². The van der Waals surface area contributed by atoms with Gasteiger partial charge in [0.05, 0.1) is 18.0 Å². The van der Waals surface area contributed by atoms with Crippen LogP contribution in [0, 0.1) is 0 Å². The van der Waals surface area contributed by atoms with Gasteiger partial charge < -0.3 is 30.5 Å². The third kappa shape index (κ3) is 5.42. The number of aliphatic hydroxyl groups is 2. The van der Waals surface area contributed by atoms with Gasteiger partial charge in [0.2, 0.25) is 0 Å². The van der Waals surface area contributed by atoms with Crippen LogP contribution < -0.4 is 15.4 Å². The van der Waals surface area contributed by atoms with Crippen molar-refractivity contribution in [1.29, 1.82) is 0 Å². The Morgan fingerprint density at radius 2 is 1.87 bits per heavy atom. The van der Waals surface area contributed by atoms with Crippen molar-refractivity contribution in [3.63, 3.8) is 0 Å². The van der Waals surface area contributed by atoms with Crippen molar-refractivity contribution < 1.29 is 19.7 Å². The van der Waals surface area contributed by atoms with Gasteiger partial charge in [-0.25, -0.2) is 4.79 Å². The summed E-state index contributed by atoms with van der Waals surface area (Å²) in [5, 5.41) is 19.8. The fourth-order valence-corrected chi connectivity index (χ4v) is 5.65. The minimum Gasteiger partial charge on any atom is -0.461 e. The number of hydrogen-bond donors (Lipinski definition) is 3. The highest BCUT2D eigenvalue weighted by Gasteiger charge is 2.32. The van der Waals surface area contributed by atoms with E-state index in [0.717, 1.165) is 39.1 Å². The van der Waals surface area contributed by atoms with Crippen LogP contribution in [0.2, 0.25) is 0 Å². The standard InChI is InChI=1S/C28H31N5O4S/c1-2-22-14-23-25(30-28(31-26(23)38-22)37-17-21(35)16-34)32-12-13-33(27(29)36)24(15-32)20-10-8-19(9-11-20)18-6-4-3-5-7-18/h3-11,14,21,24,34-35H,2,12-13,15-17H2,1H3,(H2,29,36)/t21-,24?/m1/s1. The number of piperazine rings is 1. The maximum Gasteiger partial charge on any atom is 0.319 e. The van der Waals surface area contributed by atoms with Gasteiger partial charge in [0.1, 0.15) is 23.4 Å². The molecule has 0 saturated carbocycles. The summed E-state index contributed by atoms with van der Waals surface area (Å²) in [6, 6.07) is 19.9. The number of benzene rings is 2. The van der Waals surface area contributed by atoms with E-state index in [0.29, 0.717) is 19.6 Å². The van der Waals surface area contributed by atoms with E-state index in [1.165, 1.54) is 4.88 Å². The summed E-state index contributed by atoms with van der Waals surface area (Å²) in [5.74, 6) is 0.717. The molecule has 2 aromatic heterocycles. The van der Waals surface area contributed by atoms with Gasteiger partial charge in [0.25, 0.3) is 0 Å². The molecule has 9 nitrogen and oxygen atoms in total. The highest BCUT2D eigenvalue weighted by molar-refractivity contribution is 7.18. The van der Waals surface area contributed by atoms with Gasteiger partial charge in [0, 0.05) is 24.5 Å². The third-order valence-electron chi connectivity index (χ3n) is 6.73. The number of aromatic nitrogens is 2. The molecule has 4 N–H and O–H groups in total. The zero-order valence-electron chi connectivity index (χ0n) is 21.2. The summed E-state index contributed by atoms with van der Waals surface area (Å²) in [7, 11) is 0. The normalized spacial score (nSPS) is 16.6. The van der Waals surface area contributed by atoms with Gasteiger partial charge in [-0.05, 0) is 29.2 Å². The summed E-state index contributed by atoms with van der Waals surface area (Å²) < 4.78 is 5.63. The SMILES string of the molecule is CCc1cc2c(N3CCN(C(N)=O)C(c4ccc(-c5ccccc5)cc4)C3)nc(OC[C@H](O)CO)nc2s1. The Morgan fingerprint density at radius 3 is 2.55 bits per heavy atom. The Bertz CT molecular complexity index is 1400. The van der Waals surface area contributed by atoms with Gasteiger partial charge in [-0.3, -0.25) is 0 Å². The minimum absolute atomic E-state index is 0.112. The monoisotopic (exact) mass is 533 g/mol. The Hall–Kier alpha value is -3.73. The van der Waals surface area contributed by atoms with Crippen LogP contribution in [0.1, 0.15) is 23.4 Å². The fourth-order valence-electron chi connectivity index (χ4n) is 4.69. The number of rotatable bonds is 8. The molecule has 2 amide bonds. The molecule has 2 atom stereocenters. The van der Waals surface area contributed by atoms with Crippen LogP contribution in [0.15, 0.2) is 60.7 Å². The maximum absolute atomic E-state index is 12.4. The van der Waals surface area contributed by atoms with Crippen molar-refractivity contribution in [2.24, 2.45) is 5.73 Å². The molecule has 1 aliphatic rings. The summed E-state index contributed by atoms with van der Waals surface area (Å²) in [4.78, 5) is 27.5. The number of nitrogens with two attached hydrogens (primary N) is 1. The van der Waals surface area contributed by atoms with E-state index in [2.05, 4.69) is 47.1 Å². The van der Waals surface area contributed by atoms with E-state index in [-0.39, 0.29) is 18.7 Å². The largest absolute Gasteiger partial charge is 0.461 e. The lowest BCUT2D eigenvalue weighted by molar-refractivity contribution is 0.0506. The lowest BCUT2D eigenvalue weighted by Gasteiger charge is -2.41. The number of hydrogen-bond acceptors (Lipinski definition) is 8. The first-order valence-electron chi connectivity index (χ1n) is 12.7. The molecule has 2 aromatic carbocycles. The molecule has 1 fully saturated rings. The lowest BCUT2D eigenvalue weighted by atomic mass is 9.98. The molecule has 198 valence electrons. The molecule has 0 aliphatic carbocycles. The zero-order valence-corrected chi connectivity index (χ0v) is 22.0. The number of fused-ring (bicyclic) bond motifs is 1. The summed E-state index contributed by atoms with van der Waals surface area (Å²) in [5.41, 5.74) is 9.01. The average molecular weight is 534 g/mol. The summed E-state index contributed by atoms with van der Waals surface area (Å²) in [6.07, 6.45) is -0.152. The van der Waals surface area contributed by atoms with E-state index in [4.69, 9.17) is 20.6 Å². The second kappa shape index (κ2) is 11.3. The van der Waals surface area contributed by atoms with Crippen LogP contribution in [0.25, 0.3) is 21.3 Å². The first kappa shape index (κ1) is 25.9. The number of ether oxygens (including phenoxy) is 1. The van der Waals surface area contributed by atoms with Gasteiger partial charge in [0.15, 0.2) is 0 Å². The minimum atomic E-state index is -1.02. The fraction of sp³-hybridized carbons (Fsp3) is 0.321. The molecule has 0 spiro atoms. The lowest BCUT2D eigenvalue weighted by Crippen LogP contribution is -2.52. The van der Waals surface area contributed by atoms with Crippen LogP contribution in [-0.2, 0) is 6.42 Å². The number of aryl methyl sites for hydroxylation is 1. The van der Waals surface area contributed by atoms with Crippen molar-refractivity contribution in [2.45, 2.75) is 25.5 Å². The molecular weight excluding hydrogens is 502 g/mol. The van der Waals surface area contributed by atoms with E-state index >= 15 is 0 Å². The number of nitrogens with zero attached hydrogens (tertiary/aromatic N) is 4. The molecule has 10 heteroatoms. The predicted octanol–water partition coefficient (Wildman–Crippen LogP) is 3.59. The third-order valence-corrected chi connectivity index (χ3v) is 7.91. The van der Waals surface area contributed by atoms with Crippen molar-refractivity contribution in [2.75, 3.05) is 37.7 Å². The molecule has 3 heterocycles. The number of anilines is 1. The Labute approximate surface area is 225 Å². The number of urea groups is 1. The van der Waals surface area contributed by atoms with Crippen molar-refractivity contribution >= 4 is 33.4 Å². The summed E-state index contributed by atoms with van der Waals surface area (Å²) in [6.45, 7) is 3.05. The van der Waals surface area contributed by atoms with E-state index < -0.39 is 18.7 Å². The second-order valence-corrected chi connectivity index (χ2v) is 10.4. The van der Waals surface area contributed by atoms with Gasteiger partial charge >= 0.3 is 12.0 Å². The first-order valence-corrected chi connectivity index (χ1v) is 13.5. The molecular formula is C28H31N5O4S. The molecule has 38 heavy (non-hydrogen) atoms. The Kier molecular flexibility index (Phi) is 7.73. The highest BCUT2D eigenvalue weighted by Crippen LogP contribution is 2.36. The van der Waals surface area contributed by atoms with Crippen LogP contribution in [-0.4, -0.2) is 70.1 Å². The first-order chi connectivity index (χ1) is 18.5. The van der Waals surface area contributed by atoms with Crippen LogP contribution in [0.4, 0.5) is 10.6 Å². The molecule has 4 aromatic rings.